The summed E-state index contributed by atoms with van der Waals surface area (Å²) in [5.41, 5.74) is 1.65. The number of para-hydroxylation sites is 2. The second kappa shape index (κ2) is 8.86. The fraction of sp³-hybridized carbons (Fsp3) is 0.167. The summed E-state index contributed by atoms with van der Waals surface area (Å²) in [7, 11) is 0. The van der Waals surface area contributed by atoms with Crippen molar-refractivity contribution in [2.75, 3.05) is 18.5 Å². The number of rotatable bonds is 8. The van der Waals surface area contributed by atoms with Crippen LogP contribution in [0.15, 0.2) is 61.2 Å². The quantitative estimate of drug-likeness (QED) is 0.727. The lowest BCUT2D eigenvalue weighted by Gasteiger charge is -2.12. The summed E-state index contributed by atoms with van der Waals surface area (Å²) in [5, 5.41) is 6.54. The van der Waals surface area contributed by atoms with Crippen molar-refractivity contribution in [2.45, 2.75) is 6.54 Å². The first-order chi connectivity index (χ1) is 11.2. The Morgan fingerprint density at radius 1 is 1.17 bits per heavy atom. The van der Waals surface area contributed by atoms with Crippen LogP contribution < -0.4 is 15.4 Å². The van der Waals surface area contributed by atoms with Gasteiger partial charge in [0, 0.05) is 11.6 Å². The van der Waals surface area contributed by atoms with Gasteiger partial charge in [-0.15, -0.1) is 0 Å². The Morgan fingerprint density at radius 3 is 2.70 bits per heavy atom. The van der Waals surface area contributed by atoms with E-state index in [9.17, 15) is 4.79 Å². The molecule has 0 radical (unpaired) electrons. The molecule has 0 saturated carbocycles. The van der Waals surface area contributed by atoms with Gasteiger partial charge in [-0.3, -0.25) is 4.79 Å². The minimum atomic E-state index is -0.122. The molecule has 2 N–H and O–H groups in total. The van der Waals surface area contributed by atoms with Gasteiger partial charge in [0.05, 0.1) is 12.2 Å². The molecule has 0 bridgehead atoms. The molecule has 2 rings (SSSR count). The van der Waals surface area contributed by atoms with Gasteiger partial charge in [0.1, 0.15) is 12.4 Å². The van der Waals surface area contributed by atoms with Crippen molar-refractivity contribution >= 4 is 23.2 Å². The van der Waals surface area contributed by atoms with E-state index in [2.05, 4.69) is 17.2 Å². The highest BCUT2D eigenvalue weighted by Crippen LogP contribution is 2.23. The highest BCUT2D eigenvalue weighted by molar-refractivity contribution is 6.31. The molecule has 0 aliphatic carbocycles. The Bertz CT molecular complexity index is 674. The Morgan fingerprint density at radius 2 is 1.91 bits per heavy atom. The van der Waals surface area contributed by atoms with Crippen LogP contribution in [0.4, 0.5) is 5.69 Å². The van der Waals surface area contributed by atoms with Gasteiger partial charge in [-0.1, -0.05) is 54.6 Å². The SMILES string of the molecule is C=CCOc1ccccc1NCC(=O)NCc1ccccc1Cl. The number of ether oxygens (including phenoxy) is 1. The summed E-state index contributed by atoms with van der Waals surface area (Å²) in [6, 6.07) is 14.9. The molecule has 5 heteroatoms. The van der Waals surface area contributed by atoms with Crippen LogP contribution in [0.3, 0.4) is 0 Å². The molecule has 0 heterocycles. The summed E-state index contributed by atoms with van der Waals surface area (Å²) in [4.78, 5) is 12.0. The van der Waals surface area contributed by atoms with Gasteiger partial charge in [-0.05, 0) is 23.8 Å². The molecule has 23 heavy (non-hydrogen) atoms. The van der Waals surface area contributed by atoms with Gasteiger partial charge < -0.3 is 15.4 Å². The van der Waals surface area contributed by atoms with E-state index in [1.165, 1.54) is 0 Å². The molecule has 2 aromatic carbocycles. The molecule has 2 aromatic rings. The van der Waals surface area contributed by atoms with Gasteiger partial charge in [0.15, 0.2) is 0 Å². The summed E-state index contributed by atoms with van der Waals surface area (Å²) in [6.07, 6.45) is 1.67. The standard InChI is InChI=1S/C18H19ClN2O2/c1-2-11-23-17-10-6-5-9-16(17)20-13-18(22)21-12-14-7-3-4-8-15(14)19/h2-10,20H,1,11-13H2,(H,21,22). The number of carbonyl (C=O) groups excluding carboxylic acids is 1. The van der Waals surface area contributed by atoms with Gasteiger partial charge in [-0.25, -0.2) is 0 Å². The van der Waals surface area contributed by atoms with E-state index in [1.807, 2.05) is 42.5 Å². The van der Waals surface area contributed by atoms with E-state index in [4.69, 9.17) is 16.3 Å². The zero-order valence-corrected chi connectivity index (χ0v) is 13.5. The molecule has 0 unspecified atom stereocenters. The first kappa shape index (κ1) is 16.9. The normalized spacial score (nSPS) is 9.96. The maximum absolute atomic E-state index is 12.0. The van der Waals surface area contributed by atoms with E-state index >= 15 is 0 Å². The Hall–Kier alpha value is -2.46. The molecule has 0 aromatic heterocycles. The van der Waals surface area contributed by atoms with Crippen LogP contribution in [0.25, 0.3) is 0 Å². The van der Waals surface area contributed by atoms with Crippen LogP contribution in [-0.4, -0.2) is 19.1 Å². The zero-order chi connectivity index (χ0) is 16.5. The average Bonchev–Trinajstić information content (AvgIpc) is 2.58. The predicted molar refractivity (Wildman–Crippen MR) is 93.9 cm³/mol. The number of hydrogen-bond donors (Lipinski definition) is 2. The van der Waals surface area contributed by atoms with E-state index in [0.29, 0.717) is 23.9 Å². The first-order valence-electron chi connectivity index (χ1n) is 7.27. The van der Waals surface area contributed by atoms with E-state index in [-0.39, 0.29) is 12.5 Å². The van der Waals surface area contributed by atoms with Crippen molar-refractivity contribution < 1.29 is 9.53 Å². The summed E-state index contributed by atoms with van der Waals surface area (Å²) >= 11 is 6.06. The van der Waals surface area contributed by atoms with E-state index in [0.717, 1.165) is 11.3 Å². The fourth-order valence-corrected chi connectivity index (χ4v) is 2.16. The summed E-state index contributed by atoms with van der Waals surface area (Å²) < 4.78 is 5.53. The Balaban J connectivity index is 1.85. The first-order valence-corrected chi connectivity index (χ1v) is 7.65. The lowest BCUT2D eigenvalue weighted by Crippen LogP contribution is -2.29. The van der Waals surface area contributed by atoms with Crippen LogP contribution in [0.1, 0.15) is 5.56 Å². The fourth-order valence-electron chi connectivity index (χ4n) is 1.96. The van der Waals surface area contributed by atoms with Crippen LogP contribution >= 0.6 is 11.6 Å². The lowest BCUT2D eigenvalue weighted by atomic mass is 10.2. The smallest absolute Gasteiger partial charge is 0.239 e. The minimum Gasteiger partial charge on any atom is -0.487 e. The van der Waals surface area contributed by atoms with E-state index < -0.39 is 0 Å². The number of hydrogen-bond acceptors (Lipinski definition) is 3. The average molecular weight is 331 g/mol. The third-order valence-electron chi connectivity index (χ3n) is 3.12. The van der Waals surface area contributed by atoms with Gasteiger partial charge in [0.2, 0.25) is 5.91 Å². The second-order valence-corrected chi connectivity index (χ2v) is 5.22. The van der Waals surface area contributed by atoms with Crippen LogP contribution in [0, 0.1) is 0 Å². The van der Waals surface area contributed by atoms with Crippen molar-refractivity contribution in [1.29, 1.82) is 0 Å². The minimum absolute atomic E-state index is 0.122. The topological polar surface area (TPSA) is 50.4 Å². The predicted octanol–water partition coefficient (Wildman–Crippen LogP) is 3.63. The number of carbonyl (C=O) groups is 1. The van der Waals surface area contributed by atoms with Crippen molar-refractivity contribution in [3.05, 3.63) is 71.8 Å². The number of amides is 1. The third-order valence-corrected chi connectivity index (χ3v) is 3.49. The molecule has 0 atom stereocenters. The lowest BCUT2D eigenvalue weighted by molar-refractivity contribution is -0.119. The Kier molecular flexibility index (Phi) is 6.51. The van der Waals surface area contributed by atoms with Crippen LogP contribution in [-0.2, 0) is 11.3 Å². The maximum atomic E-state index is 12.0. The summed E-state index contributed by atoms with van der Waals surface area (Å²) in [6.45, 7) is 4.58. The molecule has 0 aliphatic rings. The van der Waals surface area contributed by atoms with Crippen molar-refractivity contribution in [2.24, 2.45) is 0 Å². The van der Waals surface area contributed by atoms with Crippen LogP contribution in [0.5, 0.6) is 5.75 Å². The maximum Gasteiger partial charge on any atom is 0.239 e. The van der Waals surface area contributed by atoms with Gasteiger partial charge >= 0.3 is 0 Å². The molecule has 0 saturated heterocycles. The molecule has 4 nitrogen and oxygen atoms in total. The molecule has 1 amide bonds. The zero-order valence-electron chi connectivity index (χ0n) is 12.7. The van der Waals surface area contributed by atoms with Crippen LogP contribution in [0.2, 0.25) is 5.02 Å². The van der Waals surface area contributed by atoms with E-state index in [1.54, 1.807) is 12.1 Å². The molecule has 120 valence electrons. The monoisotopic (exact) mass is 330 g/mol. The number of nitrogens with one attached hydrogen (secondary N) is 2. The number of benzene rings is 2. The molecule has 0 fully saturated rings. The summed E-state index contributed by atoms with van der Waals surface area (Å²) in [5.74, 6) is 0.565. The third kappa shape index (κ3) is 5.34. The number of halogens is 1. The molecular weight excluding hydrogens is 312 g/mol. The molecular formula is C18H19ClN2O2. The Labute approximate surface area is 141 Å². The van der Waals surface area contributed by atoms with Crippen molar-refractivity contribution in [1.82, 2.24) is 5.32 Å². The molecule has 0 spiro atoms. The highest BCUT2D eigenvalue weighted by Gasteiger charge is 2.06. The highest BCUT2D eigenvalue weighted by atomic mass is 35.5. The molecule has 0 aliphatic heterocycles. The van der Waals surface area contributed by atoms with Crippen molar-refractivity contribution in [3.63, 3.8) is 0 Å². The van der Waals surface area contributed by atoms with Gasteiger partial charge in [0.25, 0.3) is 0 Å². The largest absolute Gasteiger partial charge is 0.487 e. The number of anilines is 1. The van der Waals surface area contributed by atoms with Gasteiger partial charge in [-0.2, -0.15) is 0 Å². The second-order valence-electron chi connectivity index (χ2n) is 4.82. The van der Waals surface area contributed by atoms with Crippen molar-refractivity contribution in [3.8, 4) is 5.75 Å².